The van der Waals surface area contributed by atoms with Crippen molar-refractivity contribution in [2.75, 3.05) is 13.7 Å². The standard InChI is InChI=1S/C12H23NO3/c1-5-6-7-8-13-11(14)10(9(2)3)12(15)16-4/h9-10H,5-8H2,1-4H3,(H,13,14). The van der Waals surface area contributed by atoms with Crippen molar-refractivity contribution < 1.29 is 14.3 Å². The molecule has 0 heterocycles. The van der Waals surface area contributed by atoms with Gasteiger partial charge in [-0.25, -0.2) is 0 Å². The fourth-order valence-electron chi connectivity index (χ4n) is 1.51. The van der Waals surface area contributed by atoms with E-state index in [9.17, 15) is 9.59 Å². The Hall–Kier alpha value is -1.06. The van der Waals surface area contributed by atoms with Crippen molar-refractivity contribution in [1.82, 2.24) is 5.32 Å². The highest BCUT2D eigenvalue weighted by Gasteiger charge is 2.30. The Morgan fingerprint density at radius 2 is 1.88 bits per heavy atom. The van der Waals surface area contributed by atoms with Crippen molar-refractivity contribution in [2.45, 2.75) is 40.0 Å². The minimum absolute atomic E-state index is 0.0429. The van der Waals surface area contributed by atoms with E-state index >= 15 is 0 Å². The Bertz CT molecular complexity index is 226. The van der Waals surface area contributed by atoms with Crippen LogP contribution in [0.4, 0.5) is 0 Å². The Kier molecular flexibility index (Phi) is 7.60. The van der Waals surface area contributed by atoms with Crippen molar-refractivity contribution in [1.29, 1.82) is 0 Å². The molecule has 0 aliphatic heterocycles. The first-order chi connectivity index (χ1) is 7.54. The molecule has 0 fully saturated rings. The van der Waals surface area contributed by atoms with Crippen molar-refractivity contribution in [3.05, 3.63) is 0 Å². The summed E-state index contributed by atoms with van der Waals surface area (Å²) in [6, 6.07) is 0. The van der Waals surface area contributed by atoms with Crippen LogP contribution in [0.3, 0.4) is 0 Å². The second kappa shape index (κ2) is 8.13. The molecule has 1 unspecified atom stereocenters. The molecule has 1 atom stereocenters. The highest BCUT2D eigenvalue weighted by Crippen LogP contribution is 2.12. The van der Waals surface area contributed by atoms with Crippen molar-refractivity contribution in [3.8, 4) is 0 Å². The van der Waals surface area contributed by atoms with Crippen molar-refractivity contribution in [3.63, 3.8) is 0 Å². The molecule has 0 saturated carbocycles. The Balaban J connectivity index is 4.13. The summed E-state index contributed by atoms with van der Waals surface area (Å²) in [6.45, 7) is 6.42. The maximum atomic E-state index is 11.7. The van der Waals surface area contributed by atoms with E-state index in [1.807, 2.05) is 13.8 Å². The lowest BCUT2D eigenvalue weighted by Gasteiger charge is -2.17. The smallest absolute Gasteiger partial charge is 0.318 e. The van der Waals surface area contributed by atoms with Crippen LogP contribution in [-0.2, 0) is 14.3 Å². The molecule has 1 amide bonds. The number of esters is 1. The van der Waals surface area contributed by atoms with Gasteiger partial charge in [0.25, 0.3) is 0 Å². The van der Waals surface area contributed by atoms with E-state index in [1.54, 1.807) is 0 Å². The van der Waals surface area contributed by atoms with Crippen LogP contribution < -0.4 is 5.32 Å². The molecular weight excluding hydrogens is 206 g/mol. The lowest BCUT2D eigenvalue weighted by Crippen LogP contribution is -2.39. The normalized spacial score (nSPS) is 12.3. The molecule has 0 aliphatic rings. The van der Waals surface area contributed by atoms with E-state index in [-0.39, 0.29) is 11.8 Å². The van der Waals surface area contributed by atoms with E-state index in [2.05, 4.69) is 17.0 Å². The van der Waals surface area contributed by atoms with Gasteiger partial charge in [-0.15, -0.1) is 0 Å². The number of hydrogen-bond acceptors (Lipinski definition) is 3. The van der Waals surface area contributed by atoms with Gasteiger partial charge in [-0.05, 0) is 12.3 Å². The molecule has 0 radical (unpaired) electrons. The van der Waals surface area contributed by atoms with E-state index in [0.717, 1.165) is 19.3 Å². The summed E-state index contributed by atoms with van der Waals surface area (Å²) in [6.07, 6.45) is 3.15. The quantitative estimate of drug-likeness (QED) is 0.411. The molecule has 0 rings (SSSR count). The fraction of sp³-hybridized carbons (Fsp3) is 0.833. The summed E-state index contributed by atoms with van der Waals surface area (Å²) in [7, 11) is 1.31. The zero-order chi connectivity index (χ0) is 12.6. The summed E-state index contributed by atoms with van der Waals surface area (Å²) in [5.41, 5.74) is 0. The van der Waals surface area contributed by atoms with Gasteiger partial charge in [0.1, 0.15) is 5.92 Å². The molecule has 0 aromatic rings. The highest BCUT2D eigenvalue weighted by atomic mass is 16.5. The maximum absolute atomic E-state index is 11.7. The average molecular weight is 229 g/mol. The van der Waals surface area contributed by atoms with E-state index in [0.29, 0.717) is 6.54 Å². The van der Waals surface area contributed by atoms with Crippen LogP contribution in [0.2, 0.25) is 0 Å². The molecule has 0 saturated heterocycles. The summed E-state index contributed by atoms with van der Waals surface area (Å²) < 4.78 is 4.62. The van der Waals surface area contributed by atoms with Crippen LogP contribution >= 0.6 is 0 Å². The van der Waals surface area contributed by atoms with Crippen LogP contribution in [0.1, 0.15) is 40.0 Å². The largest absolute Gasteiger partial charge is 0.468 e. The molecule has 0 aliphatic carbocycles. The topological polar surface area (TPSA) is 55.4 Å². The van der Waals surface area contributed by atoms with Gasteiger partial charge in [-0.2, -0.15) is 0 Å². The predicted octanol–water partition coefficient (Wildman–Crippen LogP) is 1.74. The van der Waals surface area contributed by atoms with Gasteiger partial charge in [0.2, 0.25) is 5.91 Å². The fourth-order valence-corrected chi connectivity index (χ4v) is 1.51. The number of nitrogens with one attached hydrogen (secondary N) is 1. The minimum atomic E-state index is -0.688. The second-order valence-corrected chi connectivity index (χ2v) is 4.24. The third-order valence-electron chi connectivity index (χ3n) is 2.48. The minimum Gasteiger partial charge on any atom is -0.468 e. The van der Waals surface area contributed by atoms with E-state index in [4.69, 9.17) is 0 Å². The van der Waals surface area contributed by atoms with Gasteiger partial charge in [-0.1, -0.05) is 33.6 Å². The number of hydrogen-bond donors (Lipinski definition) is 1. The third-order valence-corrected chi connectivity index (χ3v) is 2.48. The number of carbonyl (C=O) groups excluding carboxylic acids is 2. The van der Waals surface area contributed by atoms with Gasteiger partial charge in [-0.3, -0.25) is 9.59 Å². The van der Waals surface area contributed by atoms with Crippen LogP contribution in [-0.4, -0.2) is 25.5 Å². The van der Waals surface area contributed by atoms with Gasteiger partial charge in [0, 0.05) is 6.54 Å². The molecule has 94 valence electrons. The van der Waals surface area contributed by atoms with Crippen molar-refractivity contribution in [2.24, 2.45) is 11.8 Å². The number of ether oxygens (including phenoxy) is 1. The van der Waals surface area contributed by atoms with E-state index in [1.165, 1.54) is 7.11 Å². The second-order valence-electron chi connectivity index (χ2n) is 4.24. The number of amides is 1. The molecule has 0 bridgehead atoms. The first-order valence-corrected chi connectivity index (χ1v) is 5.90. The molecule has 1 N–H and O–H groups in total. The number of carbonyl (C=O) groups is 2. The first kappa shape index (κ1) is 14.9. The average Bonchev–Trinajstić information content (AvgIpc) is 2.23. The van der Waals surface area contributed by atoms with Gasteiger partial charge >= 0.3 is 5.97 Å². The Morgan fingerprint density at radius 1 is 1.25 bits per heavy atom. The summed E-state index contributed by atoms with van der Waals surface area (Å²) in [5.74, 6) is -1.41. The molecule has 4 nitrogen and oxygen atoms in total. The molecular formula is C12H23NO3. The molecule has 16 heavy (non-hydrogen) atoms. The first-order valence-electron chi connectivity index (χ1n) is 5.90. The van der Waals surface area contributed by atoms with Gasteiger partial charge in [0.05, 0.1) is 7.11 Å². The number of methoxy groups -OCH3 is 1. The van der Waals surface area contributed by atoms with Crippen LogP contribution in [0, 0.1) is 11.8 Å². The van der Waals surface area contributed by atoms with Crippen LogP contribution in [0.5, 0.6) is 0 Å². The predicted molar refractivity (Wildman–Crippen MR) is 62.9 cm³/mol. The molecule has 0 aromatic heterocycles. The molecule has 0 spiro atoms. The number of unbranched alkanes of at least 4 members (excludes halogenated alkanes) is 2. The lowest BCUT2D eigenvalue weighted by atomic mass is 9.95. The summed E-state index contributed by atoms with van der Waals surface area (Å²) >= 11 is 0. The zero-order valence-corrected chi connectivity index (χ0v) is 10.7. The summed E-state index contributed by atoms with van der Waals surface area (Å²) in [4.78, 5) is 23.1. The lowest BCUT2D eigenvalue weighted by molar-refractivity contribution is -0.151. The Labute approximate surface area is 97.7 Å². The van der Waals surface area contributed by atoms with Crippen LogP contribution in [0.25, 0.3) is 0 Å². The highest BCUT2D eigenvalue weighted by molar-refractivity contribution is 5.97. The SMILES string of the molecule is CCCCCNC(=O)C(C(=O)OC)C(C)C. The van der Waals surface area contributed by atoms with Crippen LogP contribution in [0.15, 0.2) is 0 Å². The molecule has 4 heteroatoms. The number of rotatable bonds is 7. The molecule has 0 aromatic carbocycles. The third kappa shape index (κ3) is 5.14. The monoisotopic (exact) mass is 229 g/mol. The zero-order valence-electron chi connectivity index (χ0n) is 10.7. The van der Waals surface area contributed by atoms with E-state index < -0.39 is 11.9 Å². The Morgan fingerprint density at radius 3 is 2.31 bits per heavy atom. The van der Waals surface area contributed by atoms with Gasteiger partial charge in [0.15, 0.2) is 0 Å². The van der Waals surface area contributed by atoms with Crippen molar-refractivity contribution >= 4 is 11.9 Å². The van der Waals surface area contributed by atoms with Gasteiger partial charge < -0.3 is 10.1 Å². The maximum Gasteiger partial charge on any atom is 0.318 e. The summed E-state index contributed by atoms with van der Waals surface area (Å²) in [5, 5.41) is 2.77.